The average molecular weight is 375 g/mol. The molecule has 0 spiro atoms. The molecule has 1 N–H and O–H groups in total. The Bertz CT molecular complexity index is 604. The molecule has 2 rings (SSSR count). The number of rotatable bonds is 6. The summed E-state index contributed by atoms with van der Waals surface area (Å²) in [6.45, 7) is 5.08. The van der Waals surface area contributed by atoms with Gasteiger partial charge in [-0.25, -0.2) is 0 Å². The van der Waals surface area contributed by atoms with Crippen LogP contribution in [-0.4, -0.2) is 32.0 Å². The number of hydrogen-bond acceptors (Lipinski definition) is 3. The quantitative estimate of drug-likeness (QED) is 0.790. The number of carbonyl (C=O) groups is 1. The summed E-state index contributed by atoms with van der Waals surface area (Å²) < 4.78 is 4.41. The van der Waals surface area contributed by atoms with Crippen molar-refractivity contribution in [1.82, 2.24) is 24.9 Å². The van der Waals surface area contributed by atoms with Gasteiger partial charge in [0.2, 0.25) is 5.91 Å². The molecule has 114 valence electrons. The van der Waals surface area contributed by atoms with Crippen molar-refractivity contribution in [1.29, 1.82) is 0 Å². The van der Waals surface area contributed by atoms with Crippen LogP contribution in [0.25, 0.3) is 0 Å². The number of aryl methyl sites for hydroxylation is 2. The molecule has 0 aromatic carbocycles. The molecule has 0 aliphatic rings. The fraction of sp³-hybridized carbons (Fsp3) is 0.462. The number of nitrogens with one attached hydrogen (secondary N) is 1. The van der Waals surface area contributed by atoms with Gasteiger partial charge in [0.05, 0.1) is 21.4 Å². The van der Waals surface area contributed by atoms with E-state index in [-0.39, 0.29) is 11.9 Å². The van der Waals surface area contributed by atoms with Gasteiger partial charge in [-0.2, -0.15) is 10.2 Å². The van der Waals surface area contributed by atoms with Gasteiger partial charge in [0, 0.05) is 25.5 Å². The van der Waals surface area contributed by atoms with Gasteiger partial charge < -0.3 is 5.32 Å². The van der Waals surface area contributed by atoms with Crippen LogP contribution in [0, 0.1) is 6.92 Å². The van der Waals surface area contributed by atoms with Crippen LogP contribution in [0.5, 0.6) is 0 Å². The van der Waals surface area contributed by atoms with Crippen LogP contribution >= 0.6 is 27.5 Å². The van der Waals surface area contributed by atoms with E-state index in [0.717, 1.165) is 23.1 Å². The molecule has 21 heavy (non-hydrogen) atoms. The monoisotopic (exact) mass is 373 g/mol. The van der Waals surface area contributed by atoms with Gasteiger partial charge in [0.25, 0.3) is 0 Å². The number of carbonyl (C=O) groups excluding carboxylic acids is 1. The standard InChI is InChI=1S/C13H17BrClN5O/c1-9-12(14)8-19(18-9)5-3-4-16-13(21)10(2)20-7-11(15)6-17-20/h6-8,10H,3-5H2,1-2H3,(H,16,21). The zero-order chi connectivity index (χ0) is 15.4. The Morgan fingerprint density at radius 1 is 1.52 bits per heavy atom. The third kappa shape index (κ3) is 4.31. The molecule has 1 amide bonds. The second kappa shape index (κ2) is 7.09. The minimum atomic E-state index is -0.376. The molecular formula is C13H17BrClN5O. The summed E-state index contributed by atoms with van der Waals surface area (Å²) in [4.78, 5) is 12.0. The lowest BCUT2D eigenvalue weighted by atomic mass is 10.3. The van der Waals surface area contributed by atoms with Crippen molar-refractivity contribution in [3.05, 3.63) is 33.8 Å². The topological polar surface area (TPSA) is 64.7 Å². The molecule has 8 heteroatoms. The molecular weight excluding hydrogens is 358 g/mol. The summed E-state index contributed by atoms with van der Waals surface area (Å²) in [6.07, 6.45) is 5.90. The van der Waals surface area contributed by atoms with Gasteiger partial charge in [0.1, 0.15) is 6.04 Å². The van der Waals surface area contributed by atoms with Crippen molar-refractivity contribution >= 4 is 33.4 Å². The van der Waals surface area contributed by atoms with Crippen molar-refractivity contribution in [2.24, 2.45) is 0 Å². The highest BCUT2D eigenvalue weighted by atomic mass is 79.9. The van der Waals surface area contributed by atoms with Crippen molar-refractivity contribution < 1.29 is 4.79 Å². The van der Waals surface area contributed by atoms with E-state index in [9.17, 15) is 4.79 Å². The smallest absolute Gasteiger partial charge is 0.244 e. The lowest BCUT2D eigenvalue weighted by Crippen LogP contribution is -2.32. The summed E-state index contributed by atoms with van der Waals surface area (Å²) in [5.41, 5.74) is 0.961. The van der Waals surface area contributed by atoms with E-state index in [1.54, 1.807) is 17.8 Å². The van der Waals surface area contributed by atoms with Crippen molar-refractivity contribution in [3.8, 4) is 0 Å². The summed E-state index contributed by atoms with van der Waals surface area (Å²) in [6, 6.07) is -0.376. The van der Waals surface area contributed by atoms with Gasteiger partial charge in [-0.3, -0.25) is 14.2 Å². The number of amides is 1. The molecule has 0 aliphatic heterocycles. The van der Waals surface area contributed by atoms with E-state index in [2.05, 4.69) is 31.4 Å². The molecule has 2 heterocycles. The fourth-order valence-corrected chi connectivity index (χ4v) is 2.31. The maximum atomic E-state index is 12.0. The Morgan fingerprint density at radius 2 is 2.29 bits per heavy atom. The van der Waals surface area contributed by atoms with E-state index in [1.165, 1.54) is 6.20 Å². The molecule has 1 atom stereocenters. The Kier molecular flexibility index (Phi) is 5.41. The van der Waals surface area contributed by atoms with Crippen LogP contribution in [0.3, 0.4) is 0 Å². The second-order valence-electron chi connectivity index (χ2n) is 4.78. The van der Waals surface area contributed by atoms with E-state index < -0.39 is 0 Å². The minimum Gasteiger partial charge on any atom is -0.354 e. The first-order chi connectivity index (χ1) is 9.97. The van der Waals surface area contributed by atoms with Gasteiger partial charge >= 0.3 is 0 Å². The van der Waals surface area contributed by atoms with Crippen LogP contribution in [0.15, 0.2) is 23.1 Å². The van der Waals surface area contributed by atoms with Crippen LogP contribution in [0.1, 0.15) is 25.1 Å². The Balaban J connectivity index is 1.74. The largest absolute Gasteiger partial charge is 0.354 e. The number of hydrogen-bond donors (Lipinski definition) is 1. The predicted octanol–water partition coefficient (Wildman–Crippen LogP) is 2.57. The molecule has 0 bridgehead atoms. The molecule has 2 aromatic rings. The zero-order valence-electron chi connectivity index (χ0n) is 11.9. The number of nitrogens with zero attached hydrogens (tertiary/aromatic N) is 4. The zero-order valence-corrected chi connectivity index (χ0v) is 14.2. The Labute approximate surface area is 136 Å². The van der Waals surface area contributed by atoms with Crippen molar-refractivity contribution in [3.63, 3.8) is 0 Å². The van der Waals surface area contributed by atoms with Crippen LogP contribution in [-0.2, 0) is 11.3 Å². The Morgan fingerprint density at radius 3 is 2.86 bits per heavy atom. The summed E-state index contributed by atoms with van der Waals surface area (Å²) >= 11 is 9.21. The van der Waals surface area contributed by atoms with E-state index in [1.807, 2.05) is 17.8 Å². The first kappa shape index (κ1) is 16.0. The summed E-state index contributed by atoms with van der Waals surface area (Å²) in [5.74, 6) is -0.0763. The third-order valence-corrected chi connectivity index (χ3v) is 4.07. The molecule has 0 radical (unpaired) electrons. The van der Waals surface area contributed by atoms with Crippen LogP contribution < -0.4 is 5.32 Å². The molecule has 0 aliphatic carbocycles. The average Bonchev–Trinajstić information content (AvgIpc) is 3.00. The van der Waals surface area contributed by atoms with Crippen LogP contribution in [0.4, 0.5) is 0 Å². The first-order valence-electron chi connectivity index (χ1n) is 6.64. The molecule has 6 nitrogen and oxygen atoms in total. The lowest BCUT2D eigenvalue weighted by molar-refractivity contribution is -0.124. The molecule has 2 aromatic heterocycles. The van der Waals surface area contributed by atoms with Crippen molar-refractivity contribution in [2.75, 3.05) is 6.54 Å². The van der Waals surface area contributed by atoms with Gasteiger partial charge in [-0.05, 0) is 36.2 Å². The minimum absolute atomic E-state index is 0.0763. The van der Waals surface area contributed by atoms with E-state index in [4.69, 9.17) is 11.6 Å². The predicted molar refractivity (Wildman–Crippen MR) is 84.2 cm³/mol. The highest BCUT2D eigenvalue weighted by Gasteiger charge is 2.15. The maximum absolute atomic E-state index is 12.0. The van der Waals surface area contributed by atoms with Gasteiger partial charge in [0.15, 0.2) is 0 Å². The fourth-order valence-electron chi connectivity index (χ4n) is 1.86. The third-order valence-electron chi connectivity index (χ3n) is 3.10. The maximum Gasteiger partial charge on any atom is 0.244 e. The van der Waals surface area contributed by atoms with Crippen molar-refractivity contribution in [2.45, 2.75) is 32.9 Å². The van der Waals surface area contributed by atoms with Gasteiger partial charge in [-0.1, -0.05) is 11.6 Å². The first-order valence-corrected chi connectivity index (χ1v) is 7.81. The highest BCUT2D eigenvalue weighted by Crippen LogP contribution is 2.13. The SMILES string of the molecule is Cc1nn(CCCNC(=O)C(C)n2cc(Cl)cn2)cc1Br. The molecule has 0 saturated heterocycles. The molecule has 1 unspecified atom stereocenters. The van der Waals surface area contributed by atoms with Gasteiger partial charge in [-0.15, -0.1) is 0 Å². The summed E-state index contributed by atoms with van der Waals surface area (Å²) in [7, 11) is 0. The lowest BCUT2D eigenvalue weighted by Gasteiger charge is -2.12. The molecule has 0 fully saturated rings. The number of halogens is 2. The van der Waals surface area contributed by atoms with Crippen LogP contribution in [0.2, 0.25) is 5.02 Å². The Hall–Kier alpha value is -1.34. The van der Waals surface area contributed by atoms with E-state index >= 15 is 0 Å². The molecule has 0 saturated carbocycles. The number of aromatic nitrogens is 4. The highest BCUT2D eigenvalue weighted by molar-refractivity contribution is 9.10. The second-order valence-corrected chi connectivity index (χ2v) is 6.08. The normalized spacial score (nSPS) is 12.4. The summed E-state index contributed by atoms with van der Waals surface area (Å²) in [5, 5.41) is 11.8. The van der Waals surface area contributed by atoms with E-state index in [0.29, 0.717) is 11.6 Å².